The van der Waals surface area contributed by atoms with E-state index < -0.39 is 0 Å². The van der Waals surface area contributed by atoms with Crippen LogP contribution in [0.4, 0.5) is 4.39 Å². The van der Waals surface area contributed by atoms with Gasteiger partial charge in [-0.05, 0) is 50.0 Å². The van der Waals surface area contributed by atoms with Crippen LogP contribution in [0.1, 0.15) is 29.9 Å². The average molecular weight is 469 g/mol. The number of carbonyl (C=O) groups is 1. The first-order valence-electron chi connectivity index (χ1n) is 11.3. The fourth-order valence-corrected chi connectivity index (χ4v) is 4.83. The molecule has 8 heteroatoms. The number of aromatic nitrogens is 2. The van der Waals surface area contributed by atoms with Gasteiger partial charge in [0.2, 0.25) is 17.6 Å². The van der Waals surface area contributed by atoms with Crippen LogP contribution >= 0.6 is 11.8 Å². The van der Waals surface area contributed by atoms with Crippen molar-refractivity contribution in [1.29, 1.82) is 0 Å². The zero-order chi connectivity index (χ0) is 23.0. The topological polar surface area (TPSA) is 71.3 Å². The summed E-state index contributed by atoms with van der Waals surface area (Å²) in [7, 11) is 0. The molecule has 0 aliphatic carbocycles. The number of likely N-dealkylation sites (tertiary alicyclic amines) is 1. The molecule has 2 aromatic carbocycles. The molecule has 1 N–H and O–H groups in total. The first-order valence-corrected chi connectivity index (χ1v) is 12.5. The number of halogens is 1. The van der Waals surface area contributed by atoms with Crippen molar-refractivity contribution in [1.82, 2.24) is 20.4 Å². The van der Waals surface area contributed by atoms with Gasteiger partial charge in [-0.15, -0.1) is 0 Å². The van der Waals surface area contributed by atoms with Gasteiger partial charge in [0.1, 0.15) is 5.82 Å². The van der Waals surface area contributed by atoms with Gasteiger partial charge in [-0.2, -0.15) is 16.7 Å². The Morgan fingerprint density at radius 1 is 1.18 bits per heavy atom. The van der Waals surface area contributed by atoms with Gasteiger partial charge >= 0.3 is 0 Å². The molecule has 0 spiro atoms. The van der Waals surface area contributed by atoms with Crippen LogP contribution in [0.3, 0.4) is 0 Å². The van der Waals surface area contributed by atoms with Crippen LogP contribution in [0, 0.1) is 18.7 Å². The van der Waals surface area contributed by atoms with E-state index in [4.69, 9.17) is 4.52 Å². The summed E-state index contributed by atoms with van der Waals surface area (Å²) < 4.78 is 19.1. The van der Waals surface area contributed by atoms with Crippen molar-refractivity contribution in [2.24, 2.45) is 5.92 Å². The van der Waals surface area contributed by atoms with E-state index in [0.717, 1.165) is 42.8 Å². The molecule has 33 heavy (non-hydrogen) atoms. The molecule has 0 radical (unpaired) electrons. The van der Waals surface area contributed by atoms with Crippen molar-refractivity contribution < 1.29 is 13.7 Å². The molecule has 1 fully saturated rings. The summed E-state index contributed by atoms with van der Waals surface area (Å²) >= 11 is 1.63. The molecule has 0 saturated carbocycles. The highest BCUT2D eigenvalue weighted by Gasteiger charge is 2.25. The number of amides is 1. The Labute approximate surface area is 197 Å². The zero-order valence-electron chi connectivity index (χ0n) is 18.8. The third-order valence-electron chi connectivity index (χ3n) is 5.93. The summed E-state index contributed by atoms with van der Waals surface area (Å²) in [4.78, 5) is 19.3. The molecule has 2 heterocycles. The van der Waals surface area contributed by atoms with Gasteiger partial charge in [-0.3, -0.25) is 9.69 Å². The quantitative estimate of drug-likeness (QED) is 0.468. The molecular weight excluding hydrogens is 439 g/mol. The Morgan fingerprint density at radius 2 is 1.94 bits per heavy atom. The van der Waals surface area contributed by atoms with Crippen molar-refractivity contribution in [2.75, 3.05) is 25.4 Å². The molecule has 6 nitrogen and oxygen atoms in total. The normalized spacial score (nSPS) is 15.0. The summed E-state index contributed by atoms with van der Waals surface area (Å²) in [6, 6.07) is 14.8. The SMILES string of the molecule is Cc1ccccc1-c1noc(CN2CCC(C(=O)NCCSCc3ccccc3F)CC2)n1. The Bertz CT molecular complexity index is 1070. The average Bonchev–Trinajstić information content (AvgIpc) is 3.29. The first-order chi connectivity index (χ1) is 16.1. The highest BCUT2D eigenvalue weighted by atomic mass is 32.2. The van der Waals surface area contributed by atoms with Gasteiger partial charge in [-0.1, -0.05) is 47.6 Å². The van der Waals surface area contributed by atoms with Gasteiger partial charge in [0.25, 0.3) is 0 Å². The lowest BCUT2D eigenvalue weighted by Gasteiger charge is -2.30. The zero-order valence-corrected chi connectivity index (χ0v) is 19.6. The van der Waals surface area contributed by atoms with E-state index in [2.05, 4.69) is 20.4 Å². The lowest BCUT2D eigenvalue weighted by molar-refractivity contribution is -0.126. The number of hydrogen-bond acceptors (Lipinski definition) is 6. The van der Waals surface area contributed by atoms with Gasteiger partial charge in [0.15, 0.2) is 0 Å². The second-order valence-corrected chi connectivity index (χ2v) is 9.42. The molecule has 1 aliphatic rings. The van der Waals surface area contributed by atoms with E-state index in [1.807, 2.05) is 37.3 Å². The predicted octanol–water partition coefficient (Wildman–Crippen LogP) is 4.45. The second-order valence-electron chi connectivity index (χ2n) is 8.31. The second kappa shape index (κ2) is 11.4. The van der Waals surface area contributed by atoms with Crippen molar-refractivity contribution in [3.8, 4) is 11.4 Å². The highest BCUT2D eigenvalue weighted by Crippen LogP contribution is 2.22. The molecule has 3 aromatic rings. The van der Waals surface area contributed by atoms with Crippen molar-refractivity contribution in [3.63, 3.8) is 0 Å². The summed E-state index contributed by atoms with van der Waals surface area (Å²) in [5, 5.41) is 7.16. The summed E-state index contributed by atoms with van der Waals surface area (Å²) in [5.74, 6) is 2.56. The standard InChI is InChI=1S/C25H29FN4O2S/c1-18-6-2-4-8-21(18)24-28-23(32-29-24)16-30-13-10-19(11-14-30)25(31)27-12-15-33-17-20-7-3-5-9-22(20)26/h2-9,19H,10-17H2,1H3,(H,27,31). The lowest BCUT2D eigenvalue weighted by atomic mass is 9.96. The van der Waals surface area contributed by atoms with E-state index in [1.54, 1.807) is 23.9 Å². The first kappa shape index (κ1) is 23.4. The van der Waals surface area contributed by atoms with Crippen LogP contribution in [0.5, 0.6) is 0 Å². The Kier molecular flexibility index (Phi) is 8.12. The minimum atomic E-state index is -0.173. The van der Waals surface area contributed by atoms with Crippen molar-refractivity contribution in [3.05, 3.63) is 71.4 Å². The van der Waals surface area contributed by atoms with E-state index in [0.29, 0.717) is 36.1 Å². The lowest BCUT2D eigenvalue weighted by Crippen LogP contribution is -2.40. The van der Waals surface area contributed by atoms with Crippen LogP contribution in [-0.4, -0.2) is 46.3 Å². The molecule has 174 valence electrons. The Morgan fingerprint density at radius 3 is 2.73 bits per heavy atom. The third-order valence-corrected chi connectivity index (χ3v) is 6.94. The number of aryl methyl sites for hydroxylation is 1. The van der Waals surface area contributed by atoms with Gasteiger partial charge in [0, 0.05) is 29.5 Å². The van der Waals surface area contributed by atoms with Crippen LogP contribution in [0.25, 0.3) is 11.4 Å². The molecule has 1 amide bonds. The Hall–Kier alpha value is -2.71. The summed E-state index contributed by atoms with van der Waals surface area (Å²) in [6.45, 7) is 4.87. The highest BCUT2D eigenvalue weighted by molar-refractivity contribution is 7.98. The third kappa shape index (κ3) is 6.42. The molecule has 0 atom stereocenters. The number of carbonyl (C=O) groups excluding carboxylic acids is 1. The van der Waals surface area contributed by atoms with Gasteiger partial charge in [-0.25, -0.2) is 4.39 Å². The summed E-state index contributed by atoms with van der Waals surface area (Å²) in [6.07, 6.45) is 1.62. The van der Waals surface area contributed by atoms with E-state index >= 15 is 0 Å². The number of rotatable bonds is 9. The maximum Gasteiger partial charge on any atom is 0.241 e. The van der Waals surface area contributed by atoms with Crippen LogP contribution in [0.15, 0.2) is 53.1 Å². The van der Waals surface area contributed by atoms with Crippen LogP contribution in [-0.2, 0) is 17.1 Å². The molecular formula is C25H29FN4O2S. The van der Waals surface area contributed by atoms with Crippen LogP contribution in [0.2, 0.25) is 0 Å². The minimum absolute atomic E-state index is 0.0306. The molecule has 1 saturated heterocycles. The Balaban J connectivity index is 1.15. The van der Waals surface area contributed by atoms with Crippen molar-refractivity contribution in [2.45, 2.75) is 32.1 Å². The van der Waals surface area contributed by atoms with Gasteiger partial charge in [0.05, 0.1) is 6.54 Å². The molecule has 0 unspecified atom stereocenters. The molecule has 0 bridgehead atoms. The summed E-state index contributed by atoms with van der Waals surface area (Å²) in [5.41, 5.74) is 2.80. The fourth-order valence-electron chi connectivity index (χ4n) is 3.99. The number of hydrogen-bond donors (Lipinski definition) is 1. The smallest absolute Gasteiger partial charge is 0.241 e. The van der Waals surface area contributed by atoms with E-state index in [1.165, 1.54) is 6.07 Å². The molecule has 1 aromatic heterocycles. The monoisotopic (exact) mass is 468 g/mol. The van der Waals surface area contributed by atoms with Gasteiger partial charge < -0.3 is 9.84 Å². The number of benzene rings is 2. The predicted molar refractivity (Wildman–Crippen MR) is 128 cm³/mol. The number of thioether (sulfide) groups is 1. The maximum absolute atomic E-state index is 13.6. The maximum atomic E-state index is 13.6. The molecule has 4 rings (SSSR count). The number of piperidine rings is 1. The number of nitrogens with one attached hydrogen (secondary N) is 1. The minimum Gasteiger partial charge on any atom is -0.355 e. The van der Waals surface area contributed by atoms with Crippen LogP contribution < -0.4 is 5.32 Å². The molecule has 1 aliphatic heterocycles. The van der Waals surface area contributed by atoms with E-state index in [9.17, 15) is 9.18 Å². The number of nitrogens with zero attached hydrogens (tertiary/aromatic N) is 3. The fraction of sp³-hybridized carbons (Fsp3) is 0.400. The van der Waals surface area contributed by atoms with Crippen molar-refractivity contribution >= 4 is 17.7 Å². The largest absolute Gasteiger partial charge is 0.355 e. The van der Waals surface area contributed by atoms with E-state index in [-0.39, 0.29) is 17.6 Å².